The molecule has 42 heavy (non-hydrogen) atoms. The summed E-state index contributed by atoms with van der Waals surface area (Å²) in [4.78, 5) is 2.44. The van der Waals surface area contributed by atoms with Crippen LogP contribution >= 0.6 is 0 Å². The summed E-state index contributed by atoms with van der Waals surface area (Å²) in [5.41, 5.74) is 11.7. The van der Waals surface area contributed by atoms with E-state index in [0.29, 0.717) is 0 Å². The van der Waals surface area contributed by atoms with Crippen molar-refractivity contribution in [2.24, 2.45) is 0 Å². The molecule has 0 unspecified atom stereocenters. The van der Waals surface area contributed by atoms with Crippen LogP contribution in [0.1, 0.15) is 25.3 Å². The molecule has 0 aliphatic heterocycles. The molecule has 2 heteroatoms. The van der Waals surface area contributed by atoms with Gasteiger partial charge in [-0.2, -0.15) is 0 Å². The Labute approximate surface area is 249 Å². The van der Waals surface area contributed by atoms with Crippen LogP contribution in [-0.4, -0.2) is 0 Å². The van der Waals surface area contributed by atoms with Crippen LogP contribution in [-0.2, 0) is 6.42 Å². The standard InChI is InChI=1S/C40H36N2/c1-2-3-17-31-28-35(41-34-22-12-6-13-23-34)30-37(29-31)42(36-24-14-7-15-25-36)40-38(32-18-8-4-9-19-32)26-16-27-39(40)33-20-10-5-11-21-33/h4-16,18-30,41H,2-3,17H2,1H3. The Balaban J connectivity index is 1.62. The molecule has 0 bridgehead atoms. The number of unbranched alkanes of at least 4 members (excludes halogenated alkanes) is 1. The van der Waals surface area contributed by atoms with E-state index in [-0.39, 0.29) is 0 Å². The van der Waals surface area contributed by atoms with Crippen molar-refractivity contribution in [2.45, 2.75) is 26.2 Å². The van der Waals surface area contributed by atoms with Crippen molar-refractivity contribution in [1.29, 1.82) is 0 Å². The van der Waals surface area contributed by atoms with Crippen LogP contribution in [0.25, 0.3) is 22.3 Å². The topological polar surface area (TPSA) is 15.3 Å². The van der Waals surface area contributed by atoms with E-state index in [1.54, 1.807) is 0 Å². The first-order valence-corrected chi connectivity index (χ1v) is 14.9. The number of hydrogen-bond donors (Lipinski definition) is 1. The highest BCUT2D eigenvalue weighted by molar-refractivity contribution is 5.97. The summed E-state index contributed by atoms with van der Waals surface area (Å²) in [6, 6.07) is 56.3. The lowest BCUT2D eigenvalue weighted by molar-refractivity contribution is 0.795. The van der Waals surface area contributed by atoms with Gasteiger partial charge in [-0.15, -0.1) is 0 Å². The van der Waals surface area contributed by atoms with Crippen molar-refractivity contribution in [1.82, 2.24) is 0 Å². The van der Waals surface area contributed by atoms with Crippen molar-refractivity contribution in [2.75, 3.05) is 10.2 Å². The van der Waals surface area contributed by atoms with Crippen LogP contribution in [0.3, 0.4) is 0 Å². The Morgan fingerprint density at radius 2 is 1.05 bits per heavy atom. The van der Waals surface area contributed by atoms with Gasteiger partial charge in [0.05, 0.1) is 5.69 Å². The van der Waals surface area contributed by atoms with Crippen LogP contribution in [0.5, 0.6) is 0 Å². The Morgan fingerprint density at radius 1 is 0.500 bits per heavy atom. The zero-order chi connectivity index (χ0) is 28.6. The number of nitrogens with zero attached hydrogens (tertiary/aromatic N) is 1. The molecule has 0 atom stereocenters. The molecule has 6 aromatic carbocycles. The molecule has 0 heterocycles. The summed E-state index contributed by atoms with van der Waals surface area (Å²) in [6.07, 6.45) is 3.33. The molecule has 0 amide bonds. The SMILES string of the molecule is CCCCc1cc(Nc2ccccc2)cc(N(c2ccccc2)c2c(-c3ccccc3)cccc2-c2ccccc2)c1. The molecule has 0 spiro atoms. The average Bonchev–Trinajstić information content (AvgIpc) is 3.06. The van der Waals surface area contributed by atoms with E-state index in [1.165, 1.54) is 33.5 Å². The molecule has 1 N–H and O–H groups in total. The van der Waals surface area contributed by atoms with Crippen LogP contribution in [0.15, 0.2) is 158 Å². The van der Waals surface area contributed by atoms with Crippen LogP contribution in [0.2, 0.25) is 0 Å². The van der Waals surface area contributed by atoms with Crippen molar-refractivity contribution in [3.8, 4) is 22.3 Å². The molecule has 0 aromatic heterocycles. The summed E-state index contributed by atoms with van der Waals surface area (Å²) in [7, 11) is 0. The smallest absolute Gasteiger partial charge is 0.0618 e. The number of rotatable bonds is 10. The van der Waals surface area contributed by atoms with Crippen molar-refractivity contribution in [3.63, 3.8) is 0 Å². The zero-order valence-electron chi connectivity index (χ0n) is 24.1. The van der Waals surface area contributed by atoms with Gasteiger partial charge in [-0.25, -0.2) is 0 Å². The van der Waals surface area contributed by atoms with Gasteiger partial charge in [0.1, 0.15) is 0 Å². The second kappa shape index (κ2) is 13.1. The lowest BCUT2D eigenvalue weighted by Crippen LogP contribution is -2.13. The Bertz CT molecular complexity index is 1650. The van der Waals surface area contributed by atoms with Gasteiger partial charge in [-0.1, -0.05) is 129 Å². The Hall–Kier alpha value is -5.08. The maximum atomic E-state index is 3.68. The summed E-state index contributed by atoms with van der Waals surface area (Å²) in [6.45, 7) is 2.26. The van der Waals surface area contributed by atoms with Crippen LogP contribution in [0.4, 0.5) is 28.4 Å². The summed E-state index contributed by atoms with van der Waals surface area (Å²) in [5, 5.41) is 3.68. The predicted molar refractivity (Wildman–Crippen MR) is 180 cm³/mol. The number of benzene rings is 6. The molecule has 0 fully saturated rings. The zero-order valence-corrected chi connectivity index (χ0v) is 24.1. The second-order valence-electron chi connectivity index (χ2n) is 10.6. The quantitative estimate of drug-likeness (QED) is 0.184. The summed E-state index contributed by atoms with van der Waals surface area (Å²) < 4.78 is 0. The molecule has 0 aliphatic rings. The van der Waals surface area contributed by atoms with Gasteiger partial charge in [0.2, 0.25) is 0 Å². The average molecular weight is 545 g/mol. The highest BCUT2D eigenvalue weighted by Crippen LogP contribution is 2.47. The van der Waals surface area contributed by atoms with E-state index in [2.05, 4.69) is 175 Å². The fourth-order valence-corrected chi connectivity index (χ4v) is 5.56. The monoisotopic (exact) mass is 544 g/mol. The first kappa shape index (κ1) is 27.1. The van der Waals surface area contributed by atoms with Crippen molar-refractivity contribution >= 4 is 28.4 Å². The first-order chi connectivity index (χ1) is 20.8. The molecule has 0 saturated carbocycles. The highest BCUT2D eigenvalue weighted by Gasteiger charge is 2.22. The summed E-state index contributed by atoms with van der Waals surface area (Å²) >= 11 is 0. The molecule has 6 rings (SSSR count). The molecule has 6 aromatic rings. The maximum absolute atomic E-state index is 3.68. The maximum Gasteiger partial charge on any atom is 0.0618 e. The van der Waals surface area contributed by atoms with E-state index in [9.17, 15) is 0 Å². The summed E-state index contributed by atoms with van der Waals surface area (Å²) in [5.74, 6) is 0. The van der Waals surface area contributed by atoms with Gasteiger partial charge in [0.15, 0.2) is 0 Å². The third kappa shape index (κ3) is 6.14. The van der Waals surface area contributed by atoms with E-state index in [1.807, 2.05) is 0 Å². The molecule has 206 valence electrons. The molecular weight excluding hydrogens is 508 g/mol. The minimum absolute atomic E-state index is 1.03. The third-order valence-electron chi connectivity index (χ3n) is 7.56. The number of aryl methyl sites for hydroxylation is 1. The minimum atomic E-state index is 1.03. The molecule has 0 radical (unpaired) electrons. The first-order valence-electron chi connectivity index (χ1n) is 14.9. The van der Waals surface area contributed by atoms with Gasteiger partial charge >= 0.3 is 0 Å². The fourth-order valence-electron chi connectivity index (χ4n) is 5.56. The van der Waals surface area contributed by atoms with Gasteiger partial charge in [0, 0.05) is 33.9 Å². The number of hydrogen-bond acceptors (Lipinski definition) is 2. The predicted octanol–water partition coefficient (Wildman–Crippen LogP) is 11.6. The number of nitrogens with one attached hydrogen (secondary N) is 1. The van der Waals surface area contributed by atoms with E-state index >= 15 is 0 Å². The van der Waals surface area contributed by atoms with E-state index < -0.39 is 0 Å². The lowest BCUT2D eigenvalue weighted by atomic mass is 9.94. The van der Waals surface area contributed by atoms with Gasteiger partial charge in [-0.05, 0) is 72.0 Å². The number of anilines is 5. The van der Waals surface area contributed by atoms with Gasteiger partial charge in [-0.3, -0.25) is 0 Å². The molecule has 0 aliphatic carbocycles. The normalized spacial score (nSPS) is 10.8. The van der Waals surface area contributed by atoms with Gasteiger partial charge in [0.25, 0.3) is 0 Å². The molecule has 0 saturated heterocycles. The van der Waals surface area contributed by atoms with Gasteiger partial charge < -0.3 is 10.2 Å². The Morgan fingerprint density at radius 3 is 1.62 bits per heavy atom. The Kier molecular flexibility index (Phi) is 8.43. The third-order valence-corrected chi connectivity index (χ3v) is 7.56. The van der Waals surface area contributed by atoms with Crippen molar-refractivity contribution < 1.29 is 0 Å². The van der Waals surface area contributed by atoms with Crippen LogP contribution in [0, 0.1) is 0 Å². The van der Waals surface area contributed by atoms with E-state index in [0.717, 1.165) is 42.0 Å². The number of para-hydroxylation sites is 3. The fraction of sp³-hybridized carbons (Fsp3) is 0.100. The van der Waals surface area contributed by atoms with Crippen LogP contribution < -0.4 is 10.2 Å². The lowest BCUT2D eigenvalue weighted by Gasteiger charge is -2.31. The highest BCUT2D eigenvalue weighted by atomic mass is 15.1. The largest absolute Gasteiger partial charge is 0.355 e. The van der Waals surface area contributed by atoms with Crippen molar-refractivity contribution in [3.05, 3.63) is 163 Å². The molecular formula is C40H36N2. The van der Waals surface area contributed by atoms with E-state index in [4.69, 9.17) is 0 Å². The molecule has 2 nitrogen and oxygen atoms in total. The second-order valence-corrected chi connectivity index (χ2v) is 10.6. The minimum Gasteiger partial charge on any atom is -0.355 e.